The molecule has 2 fully saturated rings. The first-order valence-corrected chi connectivity index (χ1v) is 42.7. The molecule has 584 valence electrons. The number of hydrogen-bond acceptors (Lipinski definition) is 13. The van der Waals surface area contributed by atoms with E-state index in [0.717, 1.165) is 44.9 Å². The molecule has 0 aromatic carbocycles. The number of rotatable bonds is 73. The number of hydrogen-bond donors (Lipinski definition) is 9. The summed E-state index contributed by atoms with van der Waals surface area (Å²) in [5, 5.41) is 87.8. The summed E-state index contributed by atoms with van der Waals surface area (Å²) in [6.45, 7) is 2.86. The Labute approximate surface area is 608 Å². The van der Waals surface area contributed by atoms with E-state index in [2.05, 4.69) is 43.5 Å². The minimum atomic E-state index is -1.79. The van der Waals surface area contributed by atoms with Gasteiger partial charge in [0.1, 0.15) is 48.8 Å². The molecule has 0 spiro atoms. The molecular formula is C85H161NO13. The number of nitrogens with one attached hydrogen (secondary N) is 1. The molecule has 9 N–H and O–H groups in total. The molecule has 0 aromatic heterocycles. The third kappa shape index (κ3) is 51.9. The fourth-order valence-electron chi connectivity index (χ4n) is 14.3. The second-order valence-corrected chi connectivity index (χ2v) is 30.3. The maximum atomic E-state index is 13.4. The lowest BCUT2D eigenvalue weighted by Gasteiger charge is -2.46. The third-order valence-corrected chi connectivity index (χ3v) is 21.1. The molecule has 0 bridgehead atoms. The van der Waals surface area contributed by atoms with Crippen LogP contribution in [-0.2, 0) is 23.7 Å². The molecule has 2 heterocycles. The maximum absolute atomic E-state index is 13.4. The first-order chi connectivity index (χ1) is 48.6. The molecule has 12 atom stereocenters. The second kappa shape index (κ2) is 69.3. The smallest absolute Gasteiger partial charge is 0.220 e. The van der Waals surface area contributed by atoms with Crippen LogP contribution in [0.5, 0.6) is 0 Å². The Bertz CT molecular complexity index is 1800. The van der Waals surface area contributed by atoms with Crippen molar-refractivity contribution in [2.45, 2.75) is 479 Å². The van der Waals surface area contributed by atoms with Crippen molar-refractivity contribution < 1.29 is 64.6 Å². The average Bonchev–Trinajstić information content (AvgIpc) is 0.793. The molecule has 99 heavy (non-hydrogen) atoms. The highest BCUT2D eigenvalue weighted by Crippen LogP contribution is 2.30. The van der Waals surface area contributed by atoms with E-state index in [0.29, 0.717) is 6.42 Å². The van der Waals surface area contributed by atoms with E-state index in [4.69, 9.17) is 18.9 Å². The Hall–Kier alpha value is -1.79. The quantitative estimate of drug-likeness (QED) is 0.0204. The van der Waals surface area contributed by atoms with Crippen LogP contribution in [0, 0.1) is 0 Å². The van der Waals surface area contributed by atoms with Crippen LogP contribution in [0.4, 0.5) is 0 Å². The van der Waals surface area contributed by atoms with Crippen LogP contribution >= 0.6 is 0 Å². The Kier molecular flexibility index (Phi) is 65.3. The van der Waals surface area contributed by atoms with Crippen molar-refractivity contribution in [2.75, 3.05) is 19.8 Å². The molecule has 12 unspecified atom stereocenters. The maximum Gasteiger partial charge on any atom is 0.220 e. The van der Waals surface area contributed by atoms with Gasteiger partial charge >= 0.3 is 0 Å². The van der Waals surface area contributed by atoms with Crippen LogP contribution in [0.1, 0.15) is 406 Å². The van der Waals surface area contributed by atoms with E-state index in [9.17, 15) is 45.6 Å². The summed E-state index contributed by atoms with van der Waals surface area (Å²) < 4.78 is 23.0. The van der Waals surface area contributed by atoms with Gasteiger partial charge in [-0.15, -0.1) is 0 Å². The molecular weight excluding hydrogens is 1240 g/mol. The van der Waals surface area contributed by atoms with Gasteiger partial charge in [-0.05, 0) is 51.4 Å². The van der Waals surface area contributed by atoms with Crippen molar-refractivity contribution in [2.24, 2.45) is 0 Å². The number of aliphatic hydroxyl groups excluding tert-OH is 8. The third-order valence-electron chi connectivity index (χ3n) is 21.1. The van der Waals surface area contributed by atoms with Crippen LogP contribution in [0.3, 0.4) is 0 Å². The van der Waals surface area contributed by atoms with Gasteiger partial charge in [-0.25, -0.2) is 0 Å². The van der Waals surface area contributed by atoms with E-state index >= 15 is 0 Å². The van der Waals surface area contributed by atoms with Crippen molar-refractivity contribution in [1.29, 1.82) is 0 Å². The van der Waals surface area contributed by atoms with Gasteiger partial charge in [0.2, 0.25) is 5.91 Å². The topological polar surface area (TPSA) is 228 Å². The summed E-state index contributed by atoms with van der Waals surface area (Å²) in [6, 6.07) is -0.915. The normalized spacial score (nSPS) is 22.0. The summed E-state index contributed by atoms with van der Waals surface area (Å²) in [6.07, 6.45) is 75.3. The number of carbonyl (C=O) groups is 1. The standard InChI is InChI=1S/C85H161NO13/c1-3-5-7-9-11-13-15-17-19-21-23-25-27-29-31-33-35-37-39-41-43-45-47-49-51-53-55-57-59-61-63-65-67-69-77(90)86-73(72-96-84-82(95)80(93)83(76(71-88)98-84)99-85-81(94)79(92)78(91)75(70-87)97-85)74(89)68-66-64-62-60-58-56-54-52-50-48-46-44-42-40-38-36-34-32-30-28-26-24-22-20-18-16-14-12-10-8-6-4-2/h15,17,21,23,66,68,73-76,78-85,87-89,91-95H,3-14,16,18-20,22,24-65,67,69-72H2,1-2H3,(H,86,90)/b17-15-,23-21-,68-66+. The largest absolute Gasteiger partial charge is 0.394 e. The highest BCUT2D eigenvalue weighted by atomic mass is 16.7. The molecule has 0 radical (unpaired) electrons. The SMILES string of the molecule is CCCCCCC/C=C\C/C=C\CCCCCCCCCCCCCCCCCCCCCCCC(=O)NC(COC1OC(CO)C(OC2OC(CO)C(O)C(O)C2O)C(O)C1O)C(O)/C=C/CCCCCCCCCCCCCCCCCCCCCCCCCCCCCCCC. The Morgan fingerprint density at radius 2 is 0.667 bits per heavy atom. The van der Waals surface area contributed by atoms with Gasteiger partial charge in [0.15, 0.2) is 12.6 Å². The predicted molar refractivity (Wildman–Crippen MR) is 411 cm³/mol. The van der Waals surface area contributed by atoms with E-state index < -0.39 is 86.8 Å². The molecule has 2 aliphatic rings. The first kappa shape index (κ1) is 93.3. The van der Waals surface area contributed by atoms with Crippen molar-refractivity contribution in [3.05, 3.63) is 36.5 Å². The molecule has 0 aromatic rings. The zero-order chi connectivity index (χ0) is 71.5. The second-order valence-electron chi connectivity index (χ2n) is 30.3. The monoisotopic (exact) mass is 1400 g/mol. The number of aliphatic hydroxyl groups is 8. The lowest BCUT2D eigenvalue weighted by Crippen LogP contribution is -2.65. The van der Waals surface area contributed by atoms with Gasteiger partial charge in [0.25, 0.3) is 0 Å². The molecule has 2 saturated heterocycles. The van der Waals surface area contributed by atoms with Gasteiger partial charge in [0, 0.05) is 6.42 Å². The Morgan fingerprint density at radius 1 is 0.364 bits per heavy atom. The minimum Gasteiger partial charge on any atom is -0.394 e. The summed E-state index contributed by atoms with van der Waals surface area (Å²) >= 11 is 0. The summed E-state index contributed by atoms with van der Waals surface area (Å²) in [7, 11) is 0. The van der Waals surface area contributed by atoms with Gasteiger partial charge < -0.3 is 65.1 Å². The highest BCUT2D eigenvalue weighted by Gasteiger charge is 2.51. The Morgan fingerprint density at radius 3 is 1.01 bits per heavy atom. The molecule has 2 rings (SSSR count). The van der Waals surface area contributed by atoms with Crippen LogP contribution in [-0.4, -0.2) is 140 Å². The molecule has 14 heteroatoms. The number of ether oxygens (including phenoxy) is 4. The zero-order valence-electron chi connectivity index (χ0n) is 64.3. The zero-order valence-corrected chi connectivity index (χ0v) is 64.3. The van der Waals surface area contributed by atoms with Gasteiger partial charge in [0.05, 0.1) is 32.0 Å². The summed E-state index contributed by atoms with van der Waals surface area (Å²) in [4.78, 5) is 13.4. The summed E-state index contributed by atoms with van der Waals surface area (Å²) in [5.41, 5.74) is 0. The van der Waals surface area contributed by atoms with E-state index in [-0.39, 0.29) is 18.9 Å². The van der Waals surface area contributed by atoms with Crippen molar-refractivity contribution >= 4 is 5.91 Å². The number of carbonyl (C=O) groups excluding carboxylic acids is 1. The van der Waals surface area contributed by atoms with Crippen LogP contribution in [0.15, 0.2) is 36.5 Å². The van der Waals surface area contributed by atoms with Crippen LogP contribution in [0.25, 0.3) is 0 Å². The van der Waals surface area contributed by atoms with Crippen LogP contribution < -0.4 is 5.32 Å². The van der Waals surface area contributed by atoms with Crippen molar-refractivity contribution in [3.63, 3.8) is 0 Å². The number of amides is 1. The molecule has 2 aliphatic heterocycles. The highest BCUT2D eigenvalue weighted by molar-refractivity contribution is 5.76. The van der Waals surface area contributed by atoms with Gasteiger partial charge in [-0.3, -0.25) is 4.79 Å². The van der Waals surface area contributed by atoms with Gasteiger partial charge in [-0.1, -0.05) is 384 Å². The van der Waals surface area contributed by atoms with E-state index in [1.165, 1.54) is 334 Å². The van der Waals surface area contributed by atoms with Crippen LogP contribution in [0.2, 0.25) is 0 Å². The molecule has 1 amide bonds. The minimum absolute atomic E-state index is 0.230. The average molecular weight is 1410 g/mol. The fraction of sp³-hybridized carbons (Fsp3) is 0.918. The van der Waals surface area contributed by atoms with Crippen molar-refractivity contribution in [3.8, 4) is 0 Å². The van der Waals surface area contributed by atoms with Crippen molar-refractivity contribution in [1.82, 2.24) is 5.32 Å². The first-order valence-electron chi connectivity index (χ1n) is 42.7. The predicted octanol–water partition coefficient (Wildman–Crippen LogP) is 20.0. The number of unbranched alkanes of at least 4 members (excludes halogenated alkanes) is 56. The Balaban J connectivity index is 1.59. The van der Waals surface area contributed by atoms with Gasteiger partial charge in [-0.2, -0.15) is 0 Å². The molecule has 0 aliphatic carbocycles. The van der Waals surface area contributed by atoms with E-state index in [1.54, 1.807) is 6.08 Å². The fourth-order valence-corrected chi connectivity index (χ4v) is 14.3. The lowest BCUT2D eigenvalue weighted by molar-refractivity contribution is -0.359. The van der Waals surface area contributed by atoms with E-state index in [1.807, 2.05) is 6.08 Å². The summed E-state index contributed by atoms with van der Waals surface area (Å²) in [5.74, 6) is -0.230. The lowest BCUT2D eigenvalue weighted by atomic mass is 9.97. The molecule has 14 nitrogen and oxygen atoms in total. The number of allylic oxidation sites excluding steroid dienone is 5. The molecule has 0 saturated carbocycles.